The largest absolute Gasteiger partial charge is 0.478 e. The molecule has 0 radical (unpaired) electrons. The smallest absolute Gasteiger partial charge is 0.354 e. The molecule has 1 saturated heterocycles. The van der Waals surface area contributed by atoms with Crippen molar-refractivity contribution in [3.05, 3.63) is 35.5 Å². The van der Waals surface area contributed by atoms with E-state index in [0.717, 1.165) is 50.5 Å². The molecule has 27 heavy (non-hydrogen) atoms. The van der Waals surface area contributed by atoms with E-state index in [0.29, 0.717) is 5.69 Å². The summed E-state index contributed by atoms with van der Waals surface area (Å²) in [7, 11) is 2.39. The zero-order valence-corrected chi connectivity index (χ0v) is 15.5. The van der Waals surface area contributed by atoms with Gasteiger partial charge in [0.1, 0.15) is 5.70 Å². The molecule has 1 aliphatic rings. The first kappa shape index (κ1) is 20.3. The van der Waals surface area contributed by atoms with Gasteiger partial charge in [-0.3, -0.25) is 0 Å². The van der Waals surface area contributed by atoms with Gasteiger partial charge in [-0.05, 0) is 31.0 Å². The first-order valence-corrected chi connectivity index (χ1v) is 8.73. The van der Waals surface area contributed by atoms with Crippen molar-refractivity contribution >= 4 is 29.3 Å². The van der Waals surface area contributed by atoms with E-state index < -0.39 is 17.9 Å². The van der Waals surface area contributed by atoms with Crippen molar-refractivity contribution in [2.75, 3.05) is 37.5 Å². The lowest BCUT2D eigenvalue weighted by Crippen LogP contribution is -2.26. The fraction of sp³-hybridized carbons (Fsp3) is 0.421. The number of nitrogens with zero attached hydrogens (tertiary/aromatic N) is 1. The predicted molar refractivity (Wildman–Crippen MR) is 99.8 cm³/mol. The summed E-state index contributed by atoms with van der Waals surface area (Å²) in [5.74, 6) is -2.58. The number of carboxylic acids is 1. The predicted octanol–water partition coefficient (Wildman–Crippen LogP) is 2.41. The molecule has 146 valence electrons. The first-order chi connectivity index (χ1) is 13.0. The minimum Gasteiger partial charge on any atom is -0.478 e. The molecule has 0 spiro atoms. The van der Waals surface area contributed by atoms with E-state index in [2.05, 4.69) is 15.0 Å². The summed E-state index contributed by atoms with van der Waals surface area (Å²) in [4.78, 5) is 37.1. The highest BCUT2D eigenvalue weighted by molar-refractivity contribution is 6.00. The molecule has 0 aromatic heterocycles. The molecule has 2 N–H and O–H groups in total. The number of ether oxygens (including phenoxy) is 2. The average molecular weight is 376 g/mol. The van der Waals surface area contributed by atoms with E-state index in [1.54, 1.807) is 6.07 Å². The van der Waals surface area contributed by atoms with Crippen LogP contribution in [-0.2, 0) is 19.1 Å². The van der Waals surface area contributed by atoms with Crippen LogP contribution in [0.5, 0.6) is 0 Å². The van der Waals surface area contributed by atoms with Gasteiger partial charge < -0.3 is 24.8 Å². The van der Waals surface area contributed by atoms with Gasteiger partial charge in [0, 0.05) is 13.1 Å². The van der Waals surface area contributed by atoms with E-state index >= 15 is 0 Å². The van der Waals surface area contributed by atoms with Crippen LogP contribution in [0.1, 0.15) is 36.0 Å². The second-order valence-corrected chi connectivity index (χ2v) is 6.14. The Hall–Kier alpha value is -3.03. The van der Waals surface area contributed by atoms with Crippen molar-refractivity contribution in [3.8, 4) is 0 Å². The maximum absolute atomic E-state index is 12.0. The number of hydrogen-bond acceptors (Lipinski definition) is 7. The lowest BCUT2D eigenvalue weighted by Gasteiger charge is -2.26. The minimum atomic E-state index is -1.09. The Kier molecular flexibility index (Phi) is 7.22. The number of rotatable bonds is 6. The first-order valence-electron chi connectivity index (χ1n) is 8.73. The number of anilines is 2. The third kappa shape index (κ3) is 5.47. The highest BCUT2D eigenvalue weighted by Gasteiger charge is 2.19. The third-order valence-corrected chi connectivity index (χ3v) is 4.33. The van der Waals surface area contributed by atoms with Crippen LogP contribution in [-0.4, -0.2) is 50.3 Å². The van der Waals surface area contributed by atoms with Gasteiger partial charge in [-0.25, -0.2) is 14.4 Å². The summed E-state index contributed by atoms with van der Waals surface area (Å²) in [5.41, 5.74) is 1.11. The molecular weight excluding hydrogens is 352 g/mol. The van der Waals surface area contributed by atoms with Gasteiger partial charge in [0.05, 0.1) is 37.2 Å². The van der Waals surface area contributed by atoms with Crippen LogP contribution in [0, 0.1) is 0 Å². The zero-order chi connectivity index (χ0) is 19.8. The van der Waals surface area contributed by atoms with E-state index in [1.807, 2.05) is 0 Å². The summed E-state index contributed by atoms with van der Waals surface area (Å²) in [6, 6.07) is 4.68. The van der Waals surface area contributed by atoms with Crippen molar-refractivity contribution in [2.24, 2.45) is 0 Å². The van der Waals surface area contributed by atoms with Crippen molar-refractivity contribution in [1.29, 1.82) is 0 Å². The lowest BCUT2D eigenvalue weighted by molar-refractivity contribution is -0.138. The Bertz CT molecular complexity index is 736. The van der Waals surface area contributed by atoms with Crippen molar-refractivity contribution in [3.63, 3.8) is 0 Å². The molecular formula is C19H24N2O6. The van der Waals surface area contributed by atoms with Crippen molar-refractivity contribution in [1.82, 2.24) is 0 Å². The molecule has 0 bridgehead atoms. The van der Waals surface area contributed by atoms with Crippen LogP contribution in [0.25, 0.3) is 0 Å². The van der Waals surface area contributed by atoms with Crippen molar-refractivity contribution in [2.45, 2.75) is 25.7 Å². The van der Waals surface area contributed by atoms with Crippen LogP contribution >= 0.6 is 0 Å². The summed E-state index contributed by atoms with van der Waals surface area (Å²) >= 11 is 0. The number of carbonyl (C=O) groups is 3. The van der Waals surface area contributed by atoms with Gasteiger partial charge in [-0.1, -0.05) is 12.8 Å². The number of carboxylic acid groups (broad SMARTS) is 1. The van der Waals surface area contributed by atoms with Crippen LogP contribution < -0.4 is 10.2 Å². The SMILES string of the molecule is COC(=O)/C=C(/Nc1cc(C(=O)O)ccc1N1CCCCCC1)C(=O)OC. The fourth-order valence-corrected chi connectivity index (χ4v) is 2.93. The number of aromatic carboxylic acids is 1. The molecule has 1 aromatic carbocycles. The van der Waals surface area contributed by atoms with Crippen LogP contribution in [0.15, 0.2) is 30.0 Å². The summed E-state index contributed by atoms with van der Waals surface area (Å²) in [6.45, 7) is 1.66. The summed E-state index contributed by atoms with van der Waals surface area (Å²) < 4.78 is 9.28. The number of hydrogen-bond donors (Lipinski definition) is 2. The molecule has 0 saturated carbocycles. The van der Waals surface area contributed by atoms with E-state index in [1.165, 1.54) is 26.4 Å². The lowest BCUT2D eigenvalue weighted by atomic mass is 10.1. The highest BCUT2D eigenvalue weighted by Crippen LogP contribution is 2.30. The average Bonchev–Trinajstić information content (AvgIpc) is 2.95. The molecule has 0 unspecified atom stereocenters. The number of benzene rings is 1. The van der Waals surface area contributed by atoms with Gasteiger partial charge in [0.25, 0.3) is 0 Å². The maximum atomic E-state index is 12.0. The molecule has 0 aliphatic carbocycles. The second kappa shape index (κ2) is 9.61. The van der Waals surface area contributed by atoms with E-state index in [-0.39, 0.29) is 11.3 Å². The van der Waals surface area contributed by atoms with Gasteiger partial charge in [-0.2, -0.15) is 0 Å². The summed E-state index contributed by atoms with van der Waals surface area (Å²) in [5, 5.41) is 12.2. The van der Waals surface area contributed by atoms with E-state index in [9.17, 15) is 19.5 Å². The second-order valence-electron chi connectivity index (χ2n) is 6.14. The van der Waals surface area contributed by atoms with Gasteiger partial charge in [0.2, 0.25) is 0 Å². The Morgan fingerprint density at radius 1 is 1.07 bits per heavy atom. The monoisotopic (exact) mass is 376 g/mol. The third-order valence-electron chi connectivity index (χ3n) is 4.33. The zero-order valence-electron chi connectivity index (χ0n) is 15.5. The topological polar surface area (TPSA) is 105 Å². The number of methoxy groups -OCH3 is 2. The molecule has 1 heterocycles. The van der Waals surface area contributed by atoms with Gasteiger partial charge >= 0.3 is 17.9 Å². The fourth-order valence-electron chi connectivity index (χ4n) is 2.93. The van der Waals surface area contributed by atoms with Gasteiger partial charge in [0.15, 0.2) is 0 Å². The molecule has 8 nitrogen and oxygen atoms in total. The number of nitrogens with one attached hydrogen (secondary N) is 1. The van der Waals surface area contributed by atoms with Crippen LogP contribution in [0.3, 0.4) is 0 Å². The Balaban J connectivity index is 2.45. The Morgan fingerprint density at radius 2 is 1.74 bits per heavy atom. The van der Waals surface area contributed by atoms with Crippen LogP contribution in [0.4, 0.5) is 11.4 Å². The van der Waals surface area contributed by atoms with Gasteiger partial charge in [-0.15, -0.1) is 0 Å². The highest BCUT2D eigenvalue weighted by atomic mass is 16.5. The standard InChI is InChI=1S/C19H24N2O6/c1-26-17(22)12-15(19(25)27-2)20-14-11-13(18(23)24)7-8-16(14)21-9-5-3-4-6-10-21/h7-8,11-12,20H,3-6,9-10H2,1-2H3,(H,23,24)/b15-12+. The molecule has 1 aromatic rings. The molecule has 8 heteroatoms. The van der Waals surface area contributed by atoms with E-state index in [4.69, 9.17) is 4.74 Å². The number of carbonyl (C=O) groups excluding carboxylic acids is 2. The quantitative estimate of drug-likeness (QED) is 0.576. The van der Waals surface area contributed by atoms with Crippen LogP contribution in [0.2, 0.25) is 0 Å². The molecule has 2 rings (SSSR count). The molecule has 0 atom stereocenters. The normalized spacial score (nSPS) is 14.9. The summed E-state index contributed by atoms with van der Waals surface area (Å²) in [6.07, 6.45) is 5.32. The number of esters is 2. The Morgan fingerprint density at radius 3 is 2.30 bits per heavy atom. The Labute approximate surface area is 157 Å². The minimum absolute atomic E-state index is 0.0679. The van der Waals surface area contributed by atoms with Crippen molar-refractivity contribution < 1.29 is 29.0 Å². The molecule has 1 aliphatic heterocycles. The molecule has 0 amide bonds. The molecule has 1 fully saturated rings. The maximum Gasteiger partial charge on any atom is 0.354 e.